The number of nitrogens with zero attached hydrogens (tertiary/aromatic N) is 3. The van der Waals surface area contributed by atoms with Crippen molar-refractivity contribution >= 4 is 10.2 Å². The van der Waals surface area contributed by atoms with Crippen LogP contribution < -0.4 is 0 Å². The predicted molar refractivity (Wildman–Crippen MR) is 77.3 cm³/mol. The molecule has 8 heteroatoms. The molecule has 0 saturated carbocycles. The van der Waals surface area contributed by atoms with Gasteiger partial charge >= 0.3 is 10.2 Å². The summed E-state index contributed by atoms with van der Waals surface area (Å²) in [5.41, 5.74) is -0.498. The Balaban J connectivity index is 2.11. The van der Waals surface area contributed by atoms with Crippen LogP contribution >= 0.6 is 0 Å². The number of rotatable bonds is 3. The Morgan fingerprint density at radius 3 is 2.50 bits per heavy atom. The van der Waals surface area contributed by atoms with Gasteiger partial charge in [-0.05, 0) is 31.0 Å². The number of aromatic nitrogens is 2. The van der Waals surface area contributed by atoms with E-state index in [-0.39, 0.29) is 11.3 Å². The molecule has 3 rings (SSSR count). The third kappa shape index (κ3) is 2.52. The van der Waals surface area contributed by atoms with Crippen LogP contribution in [-0.4, -0.2) is 34.8 Å². The molecule has 0 N–H and O–H groups in total. The second kappa shape index (κ2) is 5.77. The van der Waals surface area contributed by atoms with Crippen LogP contribution in [0, 0.1) is 11.8 Å². The molecule has 22 heavy (non-hydrogen) atoms. The lowest BCUT2D eigenvalue weighted by Crippen LogP contribution is -2.39. The van der Waals surface area contributed by atoms with Crippen molar-refractivity contribution in [2.24, 2.45) is 0 Å². The van der Waals surface area contributed by atoms with Crippen molar-refractivity contribution in [3.63, 3.8) is 0 Å². The van der Waals surface area contributed by atoms with Gasteiger partial charge in [0.2, 0.25) is 5.95 Å². The monoisotopic (exact) mass is 327 g/mol. The molecule has 2 aromatic rings. The summed E-state index contributed by atoms with van der Waals surface area (Å²) in [6, 6.07) is 3.76. The largest absolute Gasteiger partial charge is 0.308 e. The molecule has 1 aliphatic rings. The summed E-state index contributed by atoms with van der Waals surface area (Å²) < 4.78 is 55.4. The van der Waals surface area contributed by atoms with Gasteiger partial charge in [0.25, 0.3) is 0 Å². The van der Waals surface area contributed by atoms with Gasteiger partial charge in [-0.2, -0.15) is 17.1 Å². The minimum absolute atomic E-state index is 0.175. The molecule has 0 atom stereocenters. The summed E-state index contributed by atoms with van der Waals surface area (Å²) in [5.74, 6) is -1.71. The van der Waals surface area contributed by atoms with E-state index in [9.17, 15) is 17.2 Å². The first-order chi connectivity index (χ1) is 10.5. The van der Waals surface area contributed by atoms with Crippen LogP contribution in [0.15, 0.2) is 30.6 Å². The summed E-state index contributed by atoms with van der Waals surface area (Å²) in [4.78, 5) is 3.46. The third-order valence-electron chi connectivity index (χ3n) is 3.71. The lowest BCUT2D eigenvalue weighted by molar-refractivity contribution is 0.343. The van der Waals surface area contributed by atoms with Crippen LogP contribution in [0.1, 0.15) is 19.3 Å². The molecule has 118 valence electrons. The number of hydrogen-bond donors (Lipinski definition) is 0. The fourth-order valence-electron chi connectivity index (χ4n) is 2.61. The molecule has 0 bridgehead atoms. The quantitative estimate of drug-likeness (QED) is 0.814. The maximum atomic E-state index is 14.1. The van der Waals surface area contributed by atoms with Crippen molar-refractivity contribution < 1.29 is 17.2 Å². The van der Waals surface area contributed by atoms with Gasteiger partial charge in [0.15, 0.2) is 0 Å². The lowest BCUT2D eigenvalue weighted by atomic mass is 10.2. The average molecular weight is 327 g/mol. The first-order valence-electron chi connectivity index (χ1n) is 7.00. The SMILES string of the molecule is O=S(=O)(N1CCCCC1)n1ccc(F)c1-c1cccnc1F. The molecular weight excluding hydrogens is 312 g/mol. The van der Waals surface area contributed by atoms with Gasteiger partial charge < -0.3 is 0 Å². The second-order valence-electron chi connectivity index (χ2n) is 5.12. The highest BCUT2D eigenvalue weighted by molar-refractivity contribution is 7.87. The van der Waals surface area contributed by atoms with E-state index in [4.69, 9.17) is 0 Å². The molecule has 2 aromatic heterocycles. The first-order valence-corrected chi connectivity index (χ1v) is 8.40. The molecule has 5 nitrogen and oxygen atoms in total. The summed E-state index contributed by atoms with van der Waals surface area (Å²) in [6.45, 7) is 0.772. The molecule has 1 aliphatic heterocycles. The van der Waals surface area contributed by atoms with E-state index < -0.39 is 22.0 Å². The molecule has 0 aromatic carbocycles. The summed E-state index contributed by atoms with van der Waals surface area (Å²) in [5, 5.41) is 0. The Kier molecular flexibility index (Phi) is 3.96. The standard InChI is InChI=1S/C14H15F2N3O2S/c15-12-6-10-19(13(12)11-5-4-7-17-14(11)16)22(20,21)18-8-2-1-3-9-18/h4-7,10H,1-3,8-9H2. The van der Waals surface area contributed by atoms with Gasteiger partial charge in [-0.25, -0.2) is 13.3 Å². The van der Waals surface area contributed by atoms with Gasteiger partial charge in [0.1, 0.15) is 11.5 Å². The third-order valence-corrected chi connectivity index (χ3v) is 5.53. The zero-order chi connectivity index (χ0) is 15.7. The van der Waals surface area contributed by atoms with Crippen molar-refractivity contribution in [3.8, 4) is 11.3 Å². The highest BCUT2D eigenvalue weighted by Gasteiger charge is 2.30. The van der Waals surface area contributed by atoms with Gasteiger partial charge in [0.05, 0.1) is 5.56 Å². The Morgan fingerprint density at radius 2 is 1.82 bits per heavy atom. The molecule has 0 radical (unpaired) electrons. The van der Waals surface area contributed by atoms with E-state index in [0.717, 1.165) is 35.5 Å². The van der Waals surface area contributed by atoms with Gasteiger partial charge in [-0.1, -0.05) is 6.42 Å². The molecule has 3 heterocycles. The van der Waals surface area contributed by atoms with Gasteiger partial charge in [-0.3, -0.25) is 0 Å². The molecule has 1 fully saturated rings. The van der Waals surface area contributed by atoms with Gasteiger partial charge in [-0.15, -0.1) is 0 Å². The van der Waals surface area contributed by atoms with Crippen LogP contribution in [0.25, 0.3) is 11.3 Å². The molecule has 0 spiro atoms. The van der Waals surface area contributed by atoms with Crippen LogP contribution in [0.2, 0.25) is 0 Å². The Hall–Kier alpha value is -1.80. The van der Waals surface area contributed by atoms with Crippen molar-refractivity contribution in [3.05, 3.63) is 42.4 Å². The minimum atomic E-state index is -3.92. The topological polar surface area (TPSA) is 55.2 Å². The number of pyridine rings is 1. The van der Waals surface area contributed by atoms with Crippen molar-refractivity contribution in [2.45, 2.75) is 19.3 Å². The van der Waals surface area contributed by atoms with Crippen LogP contribution in [0.4, 0.5) is 8.78 Å². The highest BCUT2D eigenvalue weighted by atomic mass is 32.2. The fraction of sp³-hybridized carbons (Fsp3) is 0.357. The molecule has 1 saturated heterocycles. The molecular formula is C14H15F2N3O2S. The summed E-state index contributed by atoms with van der Waals surface area (Å²) in [7, 11) is -3.92. The minimum Gasteiger partial charge on any atom is -0.229 e. The van der Waals surface area contributed by atoms with E-state index in [0.29, 0.717) is 13.1 Å². The van der Waals surface area contributed by atoms with E-state index in [1.807, 2.05) is 0 Å². The lowest BCUT2D eigenvalue weighted by Gasteiger charge is -2.26. The second-order valence-corrected chi connectivity index (χ2v) is 6.92. The summed E-state index contributed by atoms with van der Waals surface area (Å²) in [6.07, 6.45) is 4.83. The zero-order valence-corrected chi connectivity index (χ0v) is 12.6. The Morgan fingerprint density at radius 1 is 1.09 bits per heavy atom. The highest BCUT2D eigenvalue weighted by Crippen LogP contribution is 2.28. The fourth-order valence-corrected chi connectivity index (χ4v) is 4.21. The van der Waals surface area contributed by atoms with Gasteiger partial charge in [0, 0.05) is 25.5 Å². The zero-order valence-electron chi connectivity index (χ0n) is 11.7. The van der Waals surface area contributed by atoms with Crippen molar-refractivity contribution in [1.82, 2.24) is 13.3 Å². The average Bonchev–Trinajstić information content (AvgIpc) is 2.91. The van der Waals surface area contributed by atoms with E-state index in [2.05, 4.69) is 4.98 Å². The van der Waals surface area contributed by atoms with Crippen molar-refractivity contribution in [2.75, 3.05) is 13.1 Å². The maximum Gasteiger partial charge on any atom is 0.308 e. The Bertz CT molecular complexity index is 783. The number of piperidine rings is 1. The van der Waals surface area contributed by atoms with E-state index in [1.54, 1.807) is 0 Å². The molecule has 0 amide bonds. The van der Waals surface area contributed by atoms with E-state index >= 15 is 0 Å². The molecule has 0 unspecified atom stereocenters. The van der Waals surface area contributed by atoms with Crippen LogP contribution in [-0.2, 0) is 10.2 Å². The number of hydrogen-bond acceptors (Lipinski definition) is 3. The first kappa shape index (κ1) is 15.1. The summed E-state index contributed by atoms with van der Waals surface area (Å²) >= 11 is 0. The van der Waals surface area contributed by atoms with E-state index in [1.165, 1.54) is 22.6 Å². The number of halogens is 2. The van der Waals surface area contributed by atoms with Crippen LogP contribution in [0.3, 0.4) is 0 Å². The van der Waals surface area contributed by atoms with Crippen molar-refractivity contribution in [1.29, 1.82) is 0 Å². The Labute approximate surface area is 127 Å². The normalized spacial score (nSPS) is 16.8. The maximum absolute atomic E-state index is 14.1. The smallest absolute Gasteiger partial charge is 0.229 e. The molecule has 0 aliphatic carbocycles. The van der Waals surface area contributed by atoms with Crippen LogP contribution in [0.5, 0.6) is 0 Å². The predicted octanol–water partition coefficient (Wildman–Crippen LogP) is 2.41.